The summed E-state index contributed by atoms with van der Waals surface area (Å²) in [6.45, 7) is 13.0. The molecule has 0 spiro atoms. The van der Waals surface area contributed by atoms with Gasteiger partial charge in [-0.15, -0.1) is 0 Å². The summed E-state index contributed by atoms with van der Waals surface area (Å²) in [6, 6.07) is 0. The molecule has 0 atom stereocenters. The first-order valence-corrected chi connectivity index (χ1v) is 6.29. The van der Waals surface area contributed by atoms with Crippen molar-refractivity contribution < 1.29 is 28.6 Å². The lowest BCUT2D eigenvalue weighted by Crippen LogP contribution is -2.43. The van der Waals surface area contributed by atoms with Gasteiger partial charge in [-0.2, -0.15) is 0 Å². The van der Waals surface area contributed by atoms with Crippen molar-refractivity contribution in [2.24, 2.45) is 0 Å². The number of hydrogen-bond donors (Lipinski definition) is 0. The molecule has 0 amide bonds. The highest BCUT2D eigenvalue weighted by atomic mass is 16.9. The van der Waals surface area contributed by atoms with Gasteiger partial charge in [-0.25, -0.2) is 14.4 Å². The van der Waals surface area contributed by atoms with Crippen molar-refractivity contribution in [3.8, 4) is 0 Å². The van der Waals surface area contributed by atoms with Gasteiger partial charge in [0, 0.05) is 17.7 Å². The molecule has 0 aliphatic carbocycles. The largest absolute Gasteiger partial charge is 0.423 e. The second-order valence-corrected chi connectivity index (χ2v) is 4.30. The van der Waals surface area contributed by atoms with Gasteiger partial charge < -0.3 is 14.2 Å². The van der Waals surface area contributed by atoms with Crippen molar-refractivity contribution in [2.45, 2.75) is 40.1 Å². The number of esters is 3. The number of ether oxygens (including phenoxy) is 3. The minimum atomic E-state index is -2.15. The average Bonchev–Trinajstić information content (AvgIpc) is 2.45. The van der Waals surface area contributed by atoms with Gasteiger partial charge in [0.15, 0.2) is 0 Å². The Morgan fingerprint density at radius 3 is 1.67 bits per heavy atom. The maximum atomic E-state index is 12.0. The Kier molecular flexibility index (Phi) is 7.13. The minimum Gasteiger partial charge on any atom is -0.385 e. The van der Waals surface area contributed by atoms with Crippen molar-refractivity contribution in [3.05, 3.63) is 36.5 Å². The molecule has 21 heavy (non-hydrogen) atoms. The van der Waals surface area contributed by atoms with Crippen molar-refractivity contribution >= 4 is 17.9 Å². The molecule has 0 N–H and O–H groups in total. The van der Waals surface area contributed by atoms with Crippen molar-refractivity contribution in [1.82, 2.24) is 0 Å². The first kappa shape index (κ1) is 18.6. The van der Waals surface area contributed by atoms with Gasteiger partial charge in [0.1, 0.15) is 0 Å². The molecule has 116 valence electrons. The lowest BCUT2D eigenvalue weighted by Gasteiger charge is -2.29. The standard InChI is InChI=1S/C15H20O6/c1-7-12(16)19-15(9-3,20-13(17)8-2)21-14(18)11(6)10(4)5/h7-8H,1-2,9H2,3-6H3. The number of carbonyl (C=O) groups excluding carboxylic acids is 3. The highest BCUT2D eigenvalue weighted by Gasteiger charge is 2.41. The number of hydrogen-bond acceptors (Lipinski definition) is 6. The van der Waals surface area contributed by atoms with Gasteiger partial charge >= 0.3 is 23.9 Å². The highest BCUT2D eigenvalue weighted by Crippen LogP contribution is 2.23. The van der Waals surface area contributed by atoms with Crippen molar-refractivity contribution in [1.29, 1.82) is 0 Å². The summed E-state index contributed by atoms with van der Waals surface area (Å²) >= 11 is 0. The zero-order valence-electron chi connectivity index (χ0n) is 12.7. The molecule has 0 saturated heterocycles. The summed E-state index contributed by atoms with van der Waals surface area (Å²) in [5.41, 5.74) is 1.03. The zero-order chi connectivity index (χ0) is 16.6. The molecule has 0 heterocycles. The normalized spacial score (nSPS) is 10.1. The molecule has 0 aromatic heterocycles. The summed E-state index contributed by atoms with van der Waals surface area (Å²) in [5, 5.41) is 0. The maximum Gasteiger partial charge on any atom is 0.423 e. The lowest BCUT2D eigenvalue weighted by molar-refractivity contribution is -0.325. The fourth-order valence-corrected chi connectivity index (χ4v) is 1.09. The van der Waals surface area contributed by atoms with Crippen LogP contribution in [-0.2, 0) is 28.6 Å². The summed E-state index contributed by atoms with van der Waals surface area (Å²) in [7, 11) is 0. The summed E-state index contributed by atoms with van der Waals surface area (Å²) < 4.78 is 14.9. The molecular formula is C15H20O6. The minimum absolute atomic E-state index is 0.0893. The molecule has 0 saturated carbocycles. The summed E-state index contributed by atoms with van der Waals surface area (Å²) in [6.07, 6.45) is 1.65. The molecule has 0 aliphatic rings. The van der Waals surface area contributed by atoms with Crippen LogP contribution in [0.3, 0.4) is 0 Å². The first-order valence-electron chi connectivity index (χ1n) is 6.29. The molecule has 6 heteroatoms. The molecule has 0 unspecified atom stereocenters. The van der Waals surface area contributed by atoms with Crippen molar-refractivity contribution in [2.75, 3.05) is 0 Å². The highest BCUT2D eigenvalue weighted by molar-refractivity contribution is 5.89. The third-order valence-electron chi connectivity index (χ3n) is 2.58. The van der Waals surface area contributed by atoms with E-state index in [0.717, 1.165) is 17.7 Å². The van der Waals surface area contributed by atoms with Crippen LogP contribution in [0.1, 0.15) is 34.1 Å². The van der Waals surface area contributed by atoms with Gasteiger partial charge in [-0.3, -0.25) is 0 Å². The Hall–Kier alpha value is -2.37. The van der Waals surface area contributed by atoms with Crippen LogP contribution in [0.25, 0.3) is 0 Å². The monoisotopic (exact) mass is 296 g/mol. The molecule has 0 rings (SSSR count). The quantitative estimate of drug-likeness (QED) is 0.408. The third-order valence-corrected chi connectivity index (χ3v) is 2.58. The molecule has 6 nitrogen and oxygen atoms in total. The lowest BCUT2D eigenvalue weighted by atomic mass is 10.2. The van der Waals surface area contributed by atoms with Gasteiger partial charge in [-0.1, -0.05) is 25.7 Å². The van der Waals surface area contributed by atoms with Crippen LogP contribution >= 0.6 is 0 Å². The van der Waals surface area contributed by atoms with E-state index in [0.29, 0.717) is 5.57 Å². The van der Waals surface area contributed by atoms with Gasteiger partial charge in [0.05, 0.1) is 6.42 Å². The van der Waals surface area contributed by atoms with E-state index < -0.39 is 23.9 Å². The predicted molar refractivity (Wildman–Crippen MR) is 75.7 cm³/mol. The Bertz CT molecular complexity index is 460. The van der Waals surface area contributed by atoms with Crippen LogP contribution < -0.4 is 0 Å². The van der Waals surface area contributed by atoms with Gasteiger partial charge in [-0.05, 0) is 20.8 Å². The molecule has 0 bridgehead atoms. The fraction of sp³-hybridized carbons (Fsp3) is 0.400. The molecule has 0 radical (unpaired) electrons. The van der Waals surface area contributed by atoms with Crippen LogP contribution in [0.5, 0.6) is 0 Å². The topological polar surface area (TPSA) is 78.9 Å². The number of carbonyl (C=O) groups is 3. The van der Waals surface area contributed by atoms with Crippen LogP contribution in [-0.4, -0.2) is 23.9 Å². The average molecular weight is 296 g/mol. The molecule has 0 fully saturated rings. The molecule has 0 aromatic rings. The van der Waals surface area contributed by atoms with E-state index in [2.05, 4.69) is 13.2 Å². The number of allylic oxidation sites excluding steroid dienone is 1. The smallest absolute Gasteiger partial charge is 0.385 e. The second-order valence-electron chi connectivity index (χ2n) is 4.30. The summed E-state index contributed by atoms with van der Waals surface area (Å²) in [5.74, 6) is -4.69. The maximum absolute atomic E-state index is 12.0. The van der Waals surface area contributed by atoms with E-state index in [9.17, 15) is 14.4 Å². The van der Waals surface area contributed by atoms with Crippen LogP contribution in [0.15, 0.2) is 36.5 Å². The van der Waals surface area contributed by atoms with Crippen LogP contribution in [0, 0.1) is 0 Å². The van der Waals surface area contributed by atoms with E-state index in [-0.39, 0.29) is 6.42 Å². The van der Waals surface area contributed by atoms with E-state index in [1.165, 1.54) is 6.92 Å². The molecular weight excluding hydrogens is 276 g/mol. The van der Waals surface area contributed by atoms with Crippen LogP contribution in [0.4, 0.5) is 0 Å². The Morgan fingerprint density at radius 2 is 1.38 bits per heavy atom. The first-order chi connectivity index (χ1) is 9.71. The molecule has 0 aliphatic heterocycles. The predicted octanol–water partition coefficient (Wildman–Crippen LogP) is 2.41. The van der Waals surface area contributed by atoms with Gasteiger partial charge in [0.2, 0.25) is 0 Å². The Balaban J connectivity index is 5.46. The van der Waals surface area contributed by atoms with E-state index in [1.807, 2.05) is 0 Å². The SMILES string of the molecule is C=CC(=O)OC(CC)(OC(=O)C=C)OC(=O)C(C)=C(C)C. The van der Waals surface area contributed by atoms with E-state index >= 15 is 0 Å². The third kappa shape index (κ3) is 5.64. The van der Waals surface area contributed by atoms with E-state index in [1.54, 1.807) is 20.8 Å². The summed E-state index contributed by atoms with van der Waals surface area (Å²) in [4.78, 5) is 34.7. The van der Waals surface area contributed by atoms with E-state index in [4.69, 9.17) is 14.2 Å². The van der Waals surface area contributed by atoms with Gasteiger partial charge in [0.25, 0.3) is 0 Å². The zero-order valence-corrected chi connectivity index (χ0v) is 12.7. The van der Waals surface area contributed by atoms with Crippen molar-refractivity contribution in [3.63, 3.8) is 0 Å². The Labute approximate surface area is 124 Å². The van der Waals surface area contributed by atoms with Crippen LogP contribution in [0.2, 0.25) is 0 Å². The molecule has 0 aromatic carbocycles. The second kappa shape index (κ2) is 8.04. The number of rotatable bonds is 7. The fourth-order valence-electron chi connectivity index (χ4n) is 1.09. The Morgan fingerprint density at radius 1 is 0.952 bits per heavy atom.